The van der Waals surface area contributed by atoms with Crippen LogP contribution in [0.1, 0.15) is 5.56 Å². The van der Waals surface area contributed by atoms with Crippen LogP contribution in [0.2, 0.25) is 0 Å². The maximum atomic E-state index is 11.4. The summed E-state index contributed by atoms with van der Waals surface area (Å²) in [6.07, 6.45) is 9.54. The highest BCUT2D eigenvalue weighted by atomic mass is 16.1. The van der Waals surface area contributed by atoms with Gasteiger partial charge >= 0.3 is 0 Å². The van der Waals surface area contributed by atoms with Crippen LogP contribution in [0.5, 0.6) is 0 Å². The SMILES string of the molecule is Cc1ccnc(N2NC=C(n3ccnc3)C2C=O)c1. The third-order valence-corrected chi connectivity index (χ3v) is 3.01. The number of hydrazine groups is 1. The summed E-state index contributed by atoms with van der Waals surface area (Å²) in [6, 6.07) is 3.41. The summed E-state index contributed by atoms with van der Waals surface area (Å²) in [4.78, 5) is 19.7. The smallest absolute Gasteiger partial charge is 0.150 e. The average molecular weight is 255 g/mol. The molecule has 0 saturated carbocycles. The number of imidazole rings is 1. The summed E-state index contributed by atoms with van der Waals surface area (Å²) in [7, 11) is 0. The van der Waals surface area contributed by atoms with Crippen LogP contribution in [-0.2, 0) is 4.79 Å². The summed E-state index contributed by atoms with van der Waals surface area (Å²) >= 11 is 0. The fourth-order valence-corrected chi connectivity index (χ4v) is 2.06. The van der Waals surface area contributed by atoms with E-state index in [-0.39, 0.29) is 0 Å². The lowest BCUT2D eigenvalue weighted by Gasteiger charge is -2.23. The molecule has 0 amide bonds. The predicted molar refractivity (Wildman–Crippen MR) is 70.9 cm³/mol. The van der Waals surface area contributed by atoms with Crippen LogP contribution in [0.4, 0.5) is 5.82 Å². The molecule has 2 aromatic rings. The van der Waals surface area contributed by atoms with Crippen molar-refractivity contribution >= 4 is 17.8 Å². The first-order valence-electron chi connectivity index (χ1n) is 5.91. The van der Waals surface area contributed by atoms with Crippen molar-refractivity contribution in [3.8, 4) is 0 Å². The van der Waals surface area contributed by atoms with Crippen LogP contribution >= 0.6 is 0 Å². The Kier molecular flexibility index (Phi) is 2.75. The molecule has 0 aliphatic carbocycles. The highest BCUT2D eigenvalue weighted by Gasteiger charge is 2.29. The molecule has 1 N–H and O–H groups in total. The molecule has 6 nitrogen and oxygen atoms in total. The van der Waals surface area contributed by atoms with Crippen molar-refractivity contribution in [2.45, 2.75) is 13.0 Å². The first-order valence-corrected chi connectivity index (χ1v) is 5.91. The van der Waals surface area contributed by atoms with Crippen molar-refractivity contribution in [2.75, 3.05) is 5.01 Å². The second kappa shape index (κ2) is 4.56. The van der Waals surface area contributed by atoms with E-state index in [1.54, 1.807) is 36.1 Å². The minimum Gasteiger partial charge on any atom is -0.306 e. The number of aldehydes is 1. The Labute approximate surface area is 110 Å². The van der Waals surface area contributed by atoms with Gasteiger partial charge in [-0.05, 0) is 24.6 Å². The molecule has 0 spiro atoms. The van der Waals surface area contributed by atoms with Crippen molar-refractivity contribution in [2.24, 2.45) is 0 Å². The molecule has 1 aliphatic rings. The lowest BCUT2D eigenvalue weighted by Crippen LogP contribution is -2.40. The van der Waals surface area contributed by atoms with E-state index >= 15 is 0 Å². The lowest BCUT2D eigenvalue weighted by molar-refractivity contribution is -0.108. The molecule has 3 heterocycles. The normalized spacial score (nSPS) is 18.1. The Morgan fingerprint density at radius 1 is 1.42 bits per heavy atom. The third-order valence-electron chi connectivity index (χ3n) is 3.01. The Balaban J connectivity index is 1.93. The molecular formula is C13H13N5O. The van der Waals surface area contributed by atoms with Crippen molar-refractivity contribution in [3.05, 3.63) is 48.8 Å². The van der Waals surface area contributed by atoms with Gasteiger partial charge in [0, 0.05) is 24.8 Å². The number of aryl methyl sites for hydroxylation is 1. The molecule has 6 heteroatoms. The molecule has 0 aromatic carbocycles. The van der Waals surface area contributed by atoms with Crippen LogP contribution in [0.3, 0.4) is 0 Å². The van der Waals surface area contributed by atoms with E-state index in [0.29, 0.717) is 5.82 Å². The van der Waals surface area contributed by atoms with Crippen molar-refractivity contribution in [3.63, 3.8) is 0 Å². The van der Waals surface area contributed by atoms with Crippen LogP contribution in [0, 0.1) is 6.92 Å². The van der Waals surface area contributed by atoms with Crippen LogP contribution < -0.4 is 10.4 Å². The molecule has 3 rings (SSSR count). The molecule has 19 heavy (non-hydrogen) atoms. The summed E-state index contributed by atoms with van der Waals surface area (Å²) in [6.45, 7) is 1.99. The number of nitrogens with one attached hydrogen (secondary N) is 1. The number of hydrogen-bond acceptors (Lipinski definition) is 5. The van der Waals surface area contributed by atoms with E-state index in [2.05, 4.69) is 15.4 Å². The fourth-order valence-electron chi connectivity index (χ4n) is 2.06. The summed E-state index contributed by atoms with van der Waals surface area (Å²) in [5, 5.41) is 1.73. The average Bonchev–Trinajstić information content (AvgIpc) is 3.07. The number of hydrogen-bond donors (Lipinski definition) is 1. The Morgan fingerprint density at radius 2 is 2.32 bits per heavy atom. The van der Waals surface area contributed by atoms with Gasteiger partial charge in [-0.1, -0.05) is 0 Å². The molecule has 2 aromatic heterocycles. The second-order valence-corrected chi connectivity index (χ2v) is 4.31. The van der Waals surface area contributed by atoms with Gasteiger partial charge in [-0.3, -0.25) is 5.01 Å². The van der Waals surface area contributed by atoms with E-state index in [1.807, 2.05) is 23.6 Å². The van der Waals surface area contributed by atoms with E-state index in [9.17, 15) is 4.79 Å². The van der Waals surface area contributed by atoms with Gasteiger partial charge in [0.05, 0.1) is 12.0 Å². The molecule has 1 unspecified atom stereocenters. The Hall–Kier alpha value is -2.63. The first kappa shape index (κ1) is 11.5. The van der Waals surface area contributed by atoms with E-state index in [1.165, 1.54) is 0 Å². The van der Waals surface area contributed by atoms with Crippen molar-refractivity contribution in [1.29, 1.82) is 0 Å². The topological polar surface area (TPSA) is 63.1 Å². The maximum absolute atomic E-state index is 11.4. The van der Waals surface area contributed by atoms with Gasteiger partial charge < -0.3 is 14.8 Å². The number of carbonyl (C=O) groups is 1. The van der Waals surface area contributed by atoms with Gasteiger partial charge in [-0.25, -0.2) is 9.97 Å². The molecule has 1 atom stereocenters. The minimum absolute atomic E-state index is 0.427. The Morgan fingerprint density at radius 3 is 3.00 bits per heavy atom. The standard InChI is InChI=1S/C13H13N5O/c1-10-2-3-15-13(6-10)18-12(8-19)11(7-16-18)17-5-4-14-9-17/h2-9,12,16H,1H3. The summed E-state index contributed by atoms with van der Waals surface area (Å²) in [5.41, 5.74) is 4.97. The molecular weight excluding hydrogens is 242 g/mol. The zero-order valence-electron chi connectivity index (χ0n) is 10.4. The molecule has 1 aliphatic heterocycles. The number of anilines is 1. The number of carbonyl (C=O) groups excluding carboxylic acids is 1. The summed E-state index contributed by atoms with van der Waals surface area (Å²) < 4.78 is 1.81. The third kappa shape index (κ3) is 1.97. The second-order valence-electron chi connectivity index (χ2n) is 4.31. The van der Waals surface area contributed by atoms with E-state index in [4.69, 9.17) is 0 Å². The monoisotopic (exact) mass is 255 g/mol. The van der Waals surface area contributed by atoms with Gasteiger partial charge in [0.25, 0.3) is 0 Å². The molecule has 0 saturated heterocycles. The van der Waals surface area contributed by atoms with E-state index in [0.717, 1.165) is 17.5 Å². The Bertz CT molecular complexity index is 620. The molecule has 96 valence electrons. The van der Waals surface area contributed by atoms with Crippen LogP contribution in [0.25, 0.3) is 5.70 Å². The number of nitrogens with zero attached hydrogens (tertiary/aromatic N) is 4. The highest BCUT2D eigenvalue weighted by Crippen LogP contribution is 2.23. The first-order chi connectivity index (χ1) is 9.29. The van der Waals surface area contributed by atoms with Crippen molar-refractivity contribution in [1.82, 2.24) is 20.0 Å². The molecule has 0 radical (unpaired) electrons. The quantitative estimate of drug-likeness (QED) is 0.828. The van der Waals surface area contributed by atoms with E-state index < -0.39 is 6.04 Å². The molecule has 0 fully saturated rings. The zero-order valence-corrected chi connectivity index (χ0v) is 10.4. The van der Waals surface area contributed by atoms with Crippen LogP contribution in [0.15, 0.2) is 43.3 Å². The van der Waals surface area contributed by atoms with Gasteiger partial charge in [0.15, 0.2) is 6.29 Å². The van der Waals surface area contributed by atoms with Crippen molar-refractivity contribution < 1.29 is 4.79 Å². The lowest BCUT2D eigenvalue weighted by atomic mass is 10.2. The summed E-state index contributed by atoms with van der Waals surface area (Å²) in [5.74, 6) is 0.712. The predicted octanol–water partition coefficient (Wildman–Crippen LogP) is 0.977. The highest BCUT2D eigenvalue weighted by molar-refractivity contribution is 5.83. The van der Waals surface area contributed by atoms with Gasteiger partial charge in [0.2, 0.25) is 0 Å². The van der Waals surface area contributed by atoms with Gasteiger partial charge in [-0.15, -0.1) is 0 Å². The number of pyridine rings is 1. The number of aromatic nitrogens is 3. The van der Waals surface area contributed by atoms with Gasteiger partial charge in [-0.2, -0.15) is 0 Å². The number of rotatable bonds is 3. The zero-order chi connectivity index (χ0) is 13.2. The minimum atomic E-state index is -0.427. The van der Waals surface area contributed by atoms with Crippen LogP contribution in [-0.4, -0.2) is 26.9 Å². The molecule has 0 bridgehead atoms. The maximum Gasteiger partial charge on any atom is 0.150 e. The fraction of sp³-hybridized carbons (Fsp3) is 0.154. The largest absolute Gasteiger partial charge is 0.306 e. The van der Waals surface area contributed by atoms with Gasteiger partial charge in [0.1, 0.15) is 11.9 Å².